The van der Waals surface area contributed by atoms with Crippen molar-refractivity contribution in [1.29, 1.82) is 0 Å². The standard InChI is InChI=1S/2C5H5N.C4H8O/c2*1-2-4-6-5-3-1;1-2-4-5-3-1/h2*1-5H;1-4H2. The van der Waals surface area contributed by atoms with Gasteiger partial charge >= 0.3 is 0 Å². The number of aromatic nitrogens is 2. The van der Waals surface area contributed by atoms with Crippen molar-refractivity contribution in [2.24, 2.45) is 0 Å². The first-order valence-electron chi connectivity index (χ1n) is 5.78. The van der Waals surface area contributed by atoms with Crippen molar-refractivity contribution in [3.8, 4) is 0 Å². The molecule has 0 spiro atoms. The van der Waals surface area contributed by atoms with Gasteiger partial charge in [0.15, 0.2) is 0 Å². The molecule has 0 N–H and O–H groups in total. The van der Waals surface area contributed by atoms with E-state index in [0.29, 0.717) is 0 Å². The highest BCUT2D eigenvalue weighted by Crippen LogP contribution is 1.98. The summed E-state index contributed by atoms with van der Waals surface area (Å²) >= 11 is 0. The second-order valence-electron chi connectivity index (χ2n) is 3.37. The van der Waals surface area contributed by atoms with Crippen LogP contribution in [0.2, 0.25) is 0 Å². The third-order valence-electron chi connectivity index (χ3n) is 1.96. The fourth-order valence-corrected chi connectivity index (χ4v) is 1.14. The van der Waals surface area contributed by atoms with Crippen LogP contribution in [0, 0.1) is 0 Å². The number of hydrogen-bond donors (Lipinski definition) is 0. The molecular formula is C14H18N2O. The molecule has 1 aliphatic rings. The third kappa shape index (κ3) is 9.20. The Morgan fingerprint density at radius 1 is 0.588 bits per heavy atom. The minimum atomic E-state index is 1.00. The summed E-state index contributed by atoms with van der Waals surface area (Å²) in [6, 6.07) is 11.4. The second kappa shape index (κ2) is 10.8. The molecule has 17 heavy (non-hydrogen) atoms. The Labute approximate surface area is 103 Å². The van der Waals surface area contributed by atoms with Gasteiger partial charge in [-0.1, -0.05) is 12.1 Å². The predicted octanol–water partition coefficient (Wildman–Crippen LogP) is 2.96. The molecule has 0 aromatic carbocycles. The first-order valence-corrected chi connectivity index (χ1v) is 5.78. The van der Waals surface area contributed by atoms with Gasteiger partial charge in [-0.05, 0) is 37.1 Å². The topological polar surface area (TPSA) is 35.0 Å². The molecule has 3 heteroatoms. The van der Waals surface area contributed by atoms with Gasteiger partial charge in [-0.25, -0.2) is 0 Å². The highest BCUT2D eigenvalue weighted by molar-refractivity contribution is 4.88. The molecule has 0 amide bonds. The van der Waals surface area contributed by atoms with Crippen LogP contribution < -0.4 is 0 Å². The van der Waals surface area contributed by atoms with Crippen LogP contribution in [0.4, 0.5) is 0 Å². The van der Waals surface area contributed by atoms with Crippen LogP contribution in [0.3, 0.4) is 0 Å². The van der Waals surface area contributed by atoms with Crippen LogP contribution in [0.1, 0.15) is 12.8 Å². The molecule has 2 aromatic rings. The van der Waals surface area contributed by atoms with Crippen molar-refractivity contribution in [3.05, 3.63) is 61.2 Å². The lowest BCUT2D eigenvalue weighted by Crippen LogP contribution is -1.74. The molecule has 1 aliphatic heterocycles. The number of nitrogens with zero attached hydrogens (tertiary/aromatic N) is 2. The molecule has 1 fully saturated rings. The van der Waals surface area contributed by atoms with Crippen molar-refractivity contribution >= 4 is 0 Å². The minimum Gasteiger partial charge on any atom is -0.381 e. The molecule has 0 atom stereocenters. The Hall–Kier alpha value is -1.74. The monoisotopic (exact) mass is 230 g/mol. The summed E-state index contributed by atoms with van der Waals surface area (Å²) in [6.45, 7) is 2.00. The molecule has 0 radical (unpaired) electrons. The van der Waals surface area contributed by atoms with E-state index in [2.05, 4.69) is 9.97 Å². The Morgan fingerprint density at radius 2 is 1.00 bits per heavy atom. The first kappa shape index (κ1) is 13.3. The number of rotatable bonds is 0. The molecule has 0 unspecified atom stereocenters. The van der Waals surface area contributed by atoms with Crippen LogP contribution in [-0.2, 0) is 4.74 Å². The molecule has 90 valence electrons. The summed E-state index contributed by atoms with van der Waals surface area (Å²) in [5, 5.41) is 0. The third-order valence-corrected chi connectivity index (χ3v) is 1.96. The summed E-state index contributed by atoms with van der Waals surface area (Å²) in [4.78, 5) is 7.57. The summed E-state index contributed by atoms with van der Waals surface area (Å²) in [5.74, 6) is 0. The maximum absolute atomic E-state index is 4.94. The zero-order valence-corrected chi connectivity index (χ0v) is 9.90. The molecular weight excluding hydrogens is 212 g/mol. The zero-order chi connectivity index (χ0) is 12.0. The molecule has 3 heterocycles. The number of ether oxygens (including phenoxy) is 1. The summed E-state index contributed by atoms with van der Waals surface area (Å²) in [5.41, 5.74) is 0. The van der Waals surface area contributed by atoms with Gasteiger partial charge < -0.3 is 4.74 Å². The van der Waals surface area contributed by atoms with E-state index >= 15 is 0 Å². The summed E-state index contributed by atoms with van der Waals surface area (Å²) in [7, 11) is 0. The smallest absolute Gasteiger partial charge is 0.0466 e. The molecule has 0 saturated carbocycles. The Morgan fingerprint density at radius 3 is 1.12 bits per heavy atom. The van der Waals surface area contributed by atoms with Crippen LogP contribution in [0.5, 0.6) is 0 Å². The van der Waals surface area contributed by atoms with Crippen LogP contribution in [0.15, 0.2) is 61.2 Å². The van der Waals surface area contributed by atoms with Gasteiger partial charge in [0.2, 0.25) is 0 Å². The van der Waals surface area contributed by atoms with Crippen molar-refractivity contribution in [2.75, 3.05) is 13.2 Å². The molecule has 0 aliphatic carbocycles. The van der Waals surface area contributed by atoms with Gasteiger partial charge in [0.25, 0.3) is 0 Å². The van der Waals surface area contributed by atoms with Gasteiger partial charge in [0, 0.05) is 38.0 Å². The van der Waals surface area contributed by atoms with Gasteiger partial charge in [-0.3, -0.25) is 9.97 Å². The van der Waals surface area contributed by atoms with Crippen LogP contribution in [-0.4, -0.2) is 23.2 Å². The summed E-state index contributed by atoms with van der Waals surface area (Å²) in [6.07, 6.45) is 9.56. The lowest BCUT2D eigenvalue weighted by atomic mass is 10.4. The molecule has 3 nitrogen and oxygen atoms in total. The van der Waals surface area contributed by atoms with Crippen molar-refractivity contribution < 1.29 is 4.74 Å². The van der Waals surface area contributed by atoms with E-state index in [1.165, 1.54) is 12.8 Å². The SMILES string of the molecule is C1CCOC1.c1ccncc1.c1ccncc1. The van der Waals surface area contributed by atoms with Gasteiger partial charge in [-0.2, -0.15) is 0 Å². The fraction of sp³-hybridized carbons (Fsp3) is 0.286. The zero-order valence-electron chi connectivity index (χ0n) is 9.90. The predicted molar refractivity (Wildman–Crippen MR) is 68.5 cm³/mol. The maximum Gasteiger partial charge on any atom is 0.0466 e. The van der Waals surface area contributed by atoms with Gasteiger partial charge in [0.1, 0.15) is 0 Å². The molecule has 2 aromatic heterocycles. The van der Waals surface area contributed by atoms with Crippen LogP contribution in [0.25, 0.3) is 0 Å². The van der Waals surface area contributed by atoms with E-state index in [9.17, 15) is 0 Å². The fourth-order valence-electron chi connectivity index (χ4n) is 1.14. The Balaban J connectivity index is 0.000000128. The Kier molecular flexibility index (Phi) is 8.44. The minimum absolute atomic E-state index is 1.00. The maximum atomic E-state index is 4.94. The van der Waals surface area contributed by atoms with E-state index in [-0.39, 0.29) is 0 Å². The van der Waals surface area contributed by atoms with E-state index < -0.39 is 0 Å². The normalized spacial score (nSPS) is 12.7. The molecule has 0 bridgehead atoms. The second-order valence-corrected chi connectivity index (χ2v) is 3.37. The van der Waals surface area contributed by atoms with E-state index in [4.69, 9.17) is 4.74 Å². The first-order chi connectivity index (χ1) is 8.50. The highest BCUT2D eigenvalue weighted by atomic mass is 16.5. The molecule has 3 rings (SSSR count). The summed E-state index contributed by atoms with van der Waals surface area (Å²) < 4.78 is 4.94. The van der Waals surface area contributed by atoms with Crippen molar-refractivity contribution in [1.82, 2.24) is 9.97 Å². The highest BCUT2D eigenvalue weighted by Gasteiger charge is 1.94. The van der Waals surface area contributed by atoms with Crippen molar-refractivity contribution in [2.45, 2.75) is 12.8 Å². The average Bonchev–Trinajstić information content (AvgIpc) is 3.03. The van der Waals surface area contributed by atoms with Crippen LogP contribution >= 0.6 is 0 Å². The number of hydrogen-bond acceptors (Lipinski definition) is 3. The van der Waals surface area contributed by atoms with Gasteiger partial charge in [0.05, 0.1) is 0 Å². The lowest BCUT2D eigenvalue weighted by Gasteiger charge is -1.76. The lowest BCUT2D eigenvalue weighted by molar-refractivity contribution is 0.198. The van der Waals surface area contributed by atoms with Gasteiger partial charge in [-0.15, -0.1) is 0 Å². The van der Waals surface area contributed by atoms with E-state index in [0.717, 1.165) is 13.2 Å². The largest absolute Gasteiger partial charge is 0.381 e. The van der Waals surface area contributed by atoms with E-state index in [1.807, 2.05) is 36.4 Å². The van der Waals surface area contributed by atoms with E-state index in [1.54, 1.807) is 24.8 Å². The van der Waals surface area contributed by atoms with Crippen molar-refractivity contribution in [3.63, 3.8) is 0 Å². The Bertz CT molecular complexity index is 243. The number of pyridine rings is 2. The quantitative estimate of drug-likeness (QED) is 0.698. The average molecular weight is 230 g/mol. The molecule has 1 saturated heterocycles.